The predicted octanol–water partition coefficient (Wildman–Crippen LogP) is 2.06. The van der Waals surface area contributed by atoms with Gasteiger partial charge in [-0.05, 0) is 58.0 Å². The Labute approximate surface area is 104 Å². The molecule has 1 aromatic rings. The highest BCUT2D eigenvalue weighted by atomic mass is 16.3. The minimum absolute atomic E-state index is 0.875. The summed E-state index contributed by atoms with van der Waals surface area (Å²) in [4.78, 5) is 2.44. The zero-order chi connectivity index (χ0) is 12.1. The van der Waals surface area contributed by atoms with Crippen molar-refractivity contribution >= 4 is 0 Å². The summed E-state index contributed by atoms with van der Waals surface area (Å²) in [6, 6.07) is 4.13. The largest absolute Gasteiger partial charge is 0.466 e. The second-order valence-electron chi connectivity index (χ2n) is 5.22. The molecule has 0 atom stereocenters. The third-order valence-corrected chi connectivity index (χ3v) is 3.56. The van der Waals surface area contributed by atoms with Crippen LogP contribution in [-0.4, -0.2) is 38.1 Å². The SMILES string of the molecule is Cc1ccc(CCN(C)CC2CCNCC2)o1. The van der Waals surface area contributed by atoms with Gasteiger partial charge >= 0.3 is 0 Å². The summed E-state index contributed by atoms with van der Waals surface area (Å²) in [7, 11) is 2.22. The first-order chi connectivity index (χ1) is 8.24. The molecule has 1 saturated heterocycles. The molecule has 0 aliphatic carbocycles. The van der Waals surface area contributed by atoms with Crippen LogP contribution in [0.4, 0.5) is 0 Å². The molecule has 1 aliphatic heterocycles. The van der Waals surface area contributed by atoms with E-state index in [0.29, 0.717) is 0 Å². The molecule has 96 valence electrons. The number of nitrogens with one attached hydrogen (secondary N) is 1. The number of hydrogen-bond acceptors (Lipinski definition) is 3. The maximum atomic E-state index is 5.59. The van der Waals surface area contributed by atoms with Crippen molar-refractivity contribution in [3.8, 4) is 0 Å². The van der Waals surface area contributed by atoms with Crippen LogP contribution in [0.3, 0.4) is 0 Å². The van der Waals surface area contributed by atoms with Crippen molar-refractivity contribution in [2.24, 2.45) is 5.92 Å². The molecule has 0 aromatic carbocycles. The minimum Gasteiger partial charge on any atom is -0.466 e. The van der Waals surface area contributed by atoms with Gasteiger partial charge in [0.05, 0.1) is 0 Å². The van der Waals surface area contributed by atoms with E-state index >= 15 is 0 Å². The van der Waals surface area contributed by atoms with Gasteiger partial charge in [-0.2, -0.15) is 0 Å². The van der Waals surface area contributed by atoms with Crippen LogP contribution in [-0.2, 0) is 6.42 Å². The molecule has 1 N–H and O–H groups in total. The van der Waals surface area contributed by atoms with Crippen LogP contribution >= 0.6 is 0 Å². The maximum absolute atomic E-state index is 5.59. The van der Waals surface area contributed by atoms with Gasteiger partial charge in [-0.1, -0.05) is 0 Å². The fourth-order valence-corrected chi connectivity index (χ4v) is 2.52. The van der Waals surface area contributed by atoms with E-state index in [4.69, 9.17) is 4.42 Å². The van der Waals surface area contributed by atoms with Crippen LogP contribution in [0.25, 0.3) is 0 Å². The molecule has 0 unspecified atom stereocenters. The lowest BCUT2D eigenvalue weighted by Crippen LogP contribution is -2.35. The van der Waals surface area contributed by atoms with Crippen molar-refractivity contribution in [3.05, 3.63) is 23.7 Å². The zero-order valence-electron chi connectivity index (χ0n) is 11.0. The van der Waals surface area contributed by atoms with Gasteiger partial charge in [0.1, 0.15) is 11.5 Å². The molecule has 0 amide bonds. The second-order valence-corrected chi connectivity index (χ2v) is 5.22. The topological polar surface area (TPSA) is 28.4 Å². The van der Waals surface area contributed by atoms with Gasteiger partial charge in [0, 0.05) is 19.5 Å². The number of aryl methyl sites for hydroxylation is 1. The van der Waals surface area contributed by atoms with E-state index < -0.39 is 0 Å². The lowest BCUT2D eigenvalue weighted by molar-refractivity contribution is 0.238. The molecule has 17 heavy (non-hydrogen) atoms. The summed E-state index contributed by atoms with van der Waals surface area (Å²) >= 11 is 0. The van der Waals surface area contributed by atoms with Gasteiger partial charge in [0.15, 0.2) is 0 Å². The summed E-state index contributed by atoms with van der Waals surface area (Å²) < 4.78 is 5.59. The lowest BCUT2D eigenvalue weighted by atomic mass is 9.98. The first-order valence-electron chi connectivity index (χ1n) is 6.68. The zero-order valence-corrected chi connectivity index (χ0v) is 11.0. The van der Waals surface area contributed by atoms with Crippen molar-refractivity contribution in [2.75, 3.05) is 33.2 Å². The monoisotopic (exact) mass is 236 g/mol. The van der Waals surface area contributed by atoms with Gasteiger partial charge < -0.3 is 14.6 Å². The number of furan rings is 1. The fraction of sp³-hybridized carbons (Fsp3) is 0.714. The van der Waals surface area contributed by atoms with Crippen LogP contribution in [0.5, 0.6) is 0 Å². The van der Waals surface area contributed by atoms with Crippen molar-refractivity contribution in [3.63, 3.8) is 0 Å². The van der Waals surface area contributed by atoms with E-state index in [1.165, 1.54) is 32.5 Å². The smallest absolute Gasteiger partial charge is 0.105 e. The number of nitrogens with zero attached hydrogens (tertiary/aromatic N) is 1. The lowest BCUT2D eigenvalue weighted by Gasteiger charge is -2.27. The Morgan fingerprint density at radius 3 is 2.76 bits per heavy atom. The molecule has 2 rings (SSSR count). The first kappa shape index (κ1) is 12.7. The highest BCUT2D eigenvalue weighted by Gasteiger charge is 2.14. The first-order valence-corrected chi connectivity index (χ1v) is 6.68. The van der Waals surface area contributed by atoms with E-state index in [1.54, 1.807) is 0 Å². The number of piperidine rings is 1. The minimum atomic E-state index is 0.875. The number of rotatable bonds is 5. The van der Waals surface area contributed by atoms with E-state index in [2.05, 4.69) is 23.3 Å². The molecule has 0 spiro atoms. The molecule has 0 saturated carbocycles. The van der Waals surface area contributed by atoms with Gasteiger partial charge in [-0.15, -0.1) is 0 Å². The predicted molar refractivity (Wildman–Crippen MR) is 70.2 cm³/mol. The van der Waals surface area contributed by atoms with E-state index in [9.17, 15) is 0 Å². The molecular formula is C14H24N2O. The van der Waals surface area contributed by atoms with Crippen LogP contribution in [0.15, 0.2) is 16.5 Å². The quantitative estimate of drug-likeness (QED) is 0.848. The molecular weight excluding hydrogens is 212 g/mol. The second kappa shape index (κ2) is 6.22. The molecule has 0 bridgehead atoms. The molecule has 3 heteroatoms. The average Bonchev–Trinajstić information content (AvgIpc) is 2.74. The summed E-state index contributed by atoms with van der Waals surface area (Å²) in [5, 5.41) is 3.42. The van der Waals surface area contributed by atoms with Crippen LogP contribution in [0.1, 0.15) is 24.4 Å². The average molecular weight is 236 g/mol. The maximum Gasteiger partial charge on any atom is 0.105 e. The molecule has 1 aliphatic rings. The Bertz CT molecular complexity index is 329. The number of hydrogen-bond donors (Lipinski definition) is 1. The van der Waals surface area contributed by atoms with Crippen molar-refractivity contribution in [2.45, 2.75) is 26.2 Å². The Hall–Kier alpha value is -0.800. The highest BCUT2D eigenvalue weighted by Crippen LogP contribution is 2.13. The molecule has 1 aromatic heterocycles. The molecule has 0 radical (unpaired) electrons. The summed E-state index contributed by atoms with van der Waals surface area (Å²) in [6.07, 6.45) is 3.67. The number of likely N-dealkylation sites (N-methyl/N-ethyl adjacent to an activating group) is 1. The van der Waals surface area contributed by atoms with Crippen molar-refractivity contribution in [1.29, 1.82) is 0 Å². The highest BCUT2D eigenvalue weighted by molar-refractivity contribution is 5.05. The van der Waals surface area contributed by atoms with Crippen LogP contribution in [0.2, 0.25) is 0 Å². The Balaban J connectivity index is 1.68. The van der Waals surface area contributed by atoms with Gasteiger partial charge in [0.25, 0.3) is 0 Å². The standard InChI is InChI=1S/C14H24N2O/c1-12-3-4-14(17-12)7-10-16(2)11-13-5-8-15-9-6-13/h3-4,13,15H,5-11H2,1-2H3. The van der Waals surface area contributed by atoms with Crippen molar-refractivity contribution < 1.29 is 4.42 Å². The van der Waals surface area contributed by atoms with Crippen LogP contribution < -0.4 is 5.32 Å². The van der Waals surface area contributed by atoms with Gasteiger partial charge in [0.2, 0.25) is 0 Å². The Morgan fingerprint density at radius 1 is 1.35 bits per heavy atom. The van der Waals surface area contributed by atoms with Gasteiger partial charge in [-0.3, -0.25) is 0 Å². The normalized spacial score (nSPS) is 17.8. The summed E-state index contributed by atoms with van der Waals surface area (Å²) in [5.74, 6) is 3.00. The van der Waals surface area contributed by atoms with E-state index in [0.717, 1.165) is 30.4 Å². The Morgan fingerprint density at radius 2 is 2.12 bits per heavy atom. The summed E-state index contributed by atoms with van der Waals surface area (Å²) in [6.45, 7) is 6.70. The van der Waals surface area contributed by atoms with E-state index in [1.807, 2.05) is 13.0 Å². The van der Waals surface area contributed by atoms with Crippen molar-refractivity contribution in [1.82, 2.24) is 10.2 Å². The van der Waals surface area contributed by atoms with Crippen LogP contribution in [0, 0.1) is 12.8 Å². The van der Waals surface area contributed by atoms with E-state index in [-0.39, 0.29) is 0 Å². The van der Waals surface area contributed by atoms with Gasteiger partial charge in [-0.25, -0.2) is 0 Å². The molecule has 2 heterocycles. The molecule has 1 fully saturated rings. The Kier molecular flexibility index (Phi) is 4.63. The third-order valence-electron chi connectivity index (χ3n) is 3.56. The third kappa shape index (κ3) is 4.17. The summed E-state index contributed by atoms with van der Waals surface area (Å²) in [5.41, 5.74) is 0. The fourth-order valence-electron chi connectivity index (χ4n) is 2.52. The molecule has 3 nitrogen and oxygen atoms in total.